The molecule has 0 saturated carbocycles. The van der Waals surface area contributed by atoms with Gasteiger partial charge in [-0.1, -0.05) is 35.3 Å². The smallest absolute Gasteiger partial charge is 0.244 e. The minimum atomic E-state index is -3.76. The second kappa shape index (κ2) is 8.99. The van der Waals surface area contributed by atoms with E-state index < -0.39 is 21.7 Å². The van der Waals surface area contributed by atoms with Crippen LogP contribution in [-0.4, -0.2) is 43.9 Å². The molecule has 1 fully saturated rings. The summed E-state index contributed by atoms with van der Waals surface area (Å²) in [7, 11) is -3.76. The number of halogens is 4. The third-order valence-corrected chi connectivity index (χ3v) is 8.77. The van der Waals surface area contributed by atoms with Gasteiger partial charge < -0.3 is 4.90 Å². The minimum absolute atomic E-state index is 0.00168. The average Bonchev–Trinajstić information content (AvgIpc) is 3.21. The van der Waals surface area contributed by atoms with Crippen LogP contribution in [0.15, 0.2) is 46.7 Å². The maximum absolute atomic E-state index is 13.4. The standard InChI is InChI=1S/C20H17Cl2F2N3O2S2/c21-15-2-1-3-18(19(15)22)31(28,29)27-8-6-26(7-9-27)20-25-14(12-30-20)10-13-4-5-16(23)17(24)11-13/h1-5,11-12H,6-10H2. The third kappa shape index (κ3) is 4.70. The second-order valence-corrected chi connectivity index (χ2v) is 10.5. The number of hydrogen-bond donors (Lipinski definition) is 0. The Bertz CT molecular complexity index is 1210. The molecule has 0 atom stereocenters. The predicted octanol–water partition coefficient (Wildman–Crippen LogP) is 4.83. The Morgan fingerprint density at radius 3 is 2.48 bits per heavy atom. The van der Waals surface area contributed by atoms with Crippen molar-refractivity contribution < 1.29 is 17.2 Å². The molecule has 1 aliphatic heterocycles. The zero-order valence-electron chi connectivity index (χ0n) is 16.1. The highest BCUT2D eigenvalue weighted by Crippen LogP contribution is 2.32. The van der Waals surface area contributed by atoms with Crippen LogP contribution in [0.3, 0.4) is 0 Å². The number of aromatic nitrogens is 1. The van der Waals surface area contributed by atoms with Crippen molar-refractivity contribution in [3.63, 3.8) is 0 Å². The van der Waals surface area contributed by atoms with Crippen LogP contribution in [0.1, 0.15) is 11.3 Å². The van der Waals surface area contributed by atoms with Crippen LogP contribution < -0.4 is 4.90 Å². The van der Waals surface area contributed by atoms with Crippen LogP contribution in [0.5, 0.6) is 0 Å². The average molecular weight is 504 g/mol. The molecule has 0 radical (unpaired) electrons. The Hall–Kier alpha value is -1.78. The summed E-state index contributed by atoms with van der Waals surface area (Å²) in [6, 6.07) is 8.34. The zero-order chi connectivity index (χ0) is 22.2. The van der Waals surface area contributed by atoms with Crippen molar-refractivity contribution >= 4 is 49.7 Å². The van der Waals surface area contributed by atoms with E-state index in [0.717, 1.165) is 16.9 Å². The first kappa shape index (κ1) is 22.4. The fourth-order valence-electron chi connectivity index (χ4n) is 3.32. The summed E-state index contributed by atoms with van der Waals surface area (Å²) in [5, 5.41) is 2.84. The van der Waals surface area contributed by atoms with E-state index in [1.54, 1.807) is 12.1 Å². The van der Waals surface area contributed by atoms with E-state index in [1.165, 1.54) is 33.8 Å². The molecule has 1 aliphatic rings. The lowest BCUT2D eigenvalue weighted by Crippen LogP contribution is -2.48. The summed E-state index contributed by atoms with van der Waals surface area (Å²) in [4.78, 5) is 6.58. The van der Waals surface area contributed by atoms with Crippen molar-refractivity contribution in [1.82, 2.24) is 9.29 Å². The van der Waals surface area contributed by atoms with Crippen LogP contribution in [0, 0.1) is 11.6 Å². The maximum Gasteiger partial charge on any atom is 0.244 e. The van der Waals surface area contributed by atoms with Gasteiger partial charge in [-0.05, 0) is 29.8 Å². The highest BCUT2D eigenvalue weighted by atomic mass is 35.5. The molecule has 1 aromatic heterocycles. The Morgan fingerprint density at radius 2 is 1.77 bits per heavy atom. The van der Waals surface area contributed by atoms with Gasteiger partial charge in [0.25, 0.3) is 0 Å². The van der Waals surface area contributed by atoms with Gasteiger partial charge in [0, 0.05) is 38.0 Å². The molecule has 3 aromatic rings. The van der Waals surface area contributed by atoms with Crippen LogP contribution >= 0.6 is 34.5 Å². The molecule has 5 nitrogen and oxygen atoms in total. The number of piperazine rings is 1. The first-order valence-corrected chi connectivity index (χ1v) is 12.4. The summed E-state index contributed by atoms with van der Waals surface area (Å²) in [5.41, 5.74) is 1.37. The van der Waals surface area contributed by atoms with E-state index >= 15 is 0 Å². The van der Waals surface area contributed by atoms with Crippen molar-refractivity contribution in [1.29, 1.82) is 0 Å². The van der Waals surface area contributed by atoms with Crippen molar-refractivity contribution in [3.8, 4) is 0 Å². The Morgan fingerprint density at radius 1 is 1.03 bits per heavy atom. The quantitative estimate of drug-likeness (QED) is 0.500. The number of hydrogen-bond acceptors (Lipinski definition) is 5. The van der Waals surface area contributed by atoms with Crippen LogP contribution in [0.4, 0.5) is 13.9 Å². The number of nitrogens with zero attached hydrogens (tertiary/aromatic N) is 3. The Labute approximate surface area is 192 Å². The Balaban J connectivity index is 1.42. The van der Waals surface area contributed by atoms with Gasteiger partial charge in [0.2, 0.25) is 10.0 Å². The molecular formula is C20H17Cl2F2N3O2S2. The zero-order valence-corrected chi connectivity index (χ0v) is 19.2. The number of anilines is 1. The van der Waals surface area contributed by atoms with E-state index in [-0.39, 0.29) is 28.0 Å². The molecule has 31 heavy (non-hydrogen) atoms. The maximum atomic E-state index is 13.4. The number of benzene rings is 2. The minimum Gasteiger partial charge on any atom is -0.345 e. The molecular weight excluding hydrogens is 487 g/mol. The topological polar surface area (TPSA) is 53.5 Å². The van der Waals surface area contributed by atoms with Gasteiger partial charge >= 0.3 is 0 Å². The summed E-state index contributed by atoms with van der Waals surface area (Å²) in [6.45, 7) is 1.50. The number of thiazole rings is 1. The van der Waals surface area contributed by atoms with Gasteiger partial charge in [0.1, 0.15) is 4.90 Å². The molecule has 164 valence electrons. The molecule has 0 amide bonds. The van der Waals surface area contributed by atoms with E-state index in [4.69, 9.17) is 23.2 Å². The molecule has 4 rings (SSSR count). The van der Waals surface area contributed by atoms with Crippen molar-refractivity contribution in [2.75, 3.05) is 31.1 Å². The third-order valence-electron chi connectivity index (χ3n) is 4.95. The predicted molar refractivity (Wildman–Crippen MR) is 119 cm³/mol. The van der Waals surface area contributed by atoms with Gasteiger partial charge in [0.15, 0.2) is 16.8 Å². The Kier molecular flexibility index (Phi) is 6.50. The van der Waals surface area contributed by atoms with Gasteiger partial charge in [-0.15, -0.1) is 11.3 Å². The molecule has 2 heterocycles. The lowest BCUT2D eigenvalue weighted by molar-refractivity contribution is 0.384. The molecule has 0 bridgehead atoms. The van der Waals surface area contributed by atoms with Gasteiger partial charge in [-0.2, -0.15) is 4.31 Å². The highest BCUT2D eigenvalue weighted by molar-refractivity contribution is 7.89. The molecule has 2 aromatic carbocycles. The number of sulfonamides is 1. The van der Waals surface area contributed by atoms with E-state index in [9.17, 15) is 17.2 Å². The van der Waals surface area contributed by atoms with Gasteiger partial charge in [-0.3, -0.25) is 0 Å². The lowest BCUT2D eigenvalue weighted by atomic mass is 10.1. The van der Waals surface area contributed by atoms with Crippen LogP contribution in [0.25, 0.3) is 0 Å². The summed E-state index contributed by atoms with van der Waals surface area (Å²) in [5.74, 6) is -1.76. The molecule has 11 heteroatoms. The van der Waals surface area contributed by atoms with Gasteiger partial charge in [0.05, 0.1) is 15.7 Å². The SMILES string of the molecule is O=S(=O)(c1cccc(Cl)c1Cl)N1CCN(c2nc(Cc3ccc(F)c(F)c3)cs2)CC1. The largest absolute Gasteiger partial charge is 0.345 e. The fraction of sp³-hybridized carbons (Fsp3) is 0.250. The summed E-state index contributed by atoms with van der Waals surface area (Å²) < 4.78 is 53.8. The normalized spacial score (nSPS) is 15.4. The molecule has 0 N–H and O–H groups in total. The first-order valence-electron chi connectivity index (χ1n) is 9.33. The van der Waals surface area contributed by atoms with Crippen molar-refractivity contribution in [2.24, 2.45) is 0 Å². The fourth-order valence-corrected chi connectivity index (χ4v) is 6.36. The monoisotopic (exact) mass is 503 g/mol. The second-order valence-electron chi connectivity index (χ2n) is 6.99. The summed E-state index contributed by atoms with van der Waals surface area (Å²) in [6.07, 6.45) is 0.384. The summed E-state index contributed by atoms with van der Waals surface area (Å²) >= 11 is 13.5. The molecule has 0 aliphatic carbocycles. The van der Waals surface area contributed by atoms with Crippen molar-refractivity contribution in [2.45, 2.75) is 11.3 Å². The lowest BCUT2D eigenvalue weighted by Gasteiger charge is -2.34. The highest BCUT2D eigenvalue weighted by Gasteiger charge is 2.31. The van der Waals surface area contributed by atoms with E-state index in [1.807, 2.05) is 10.3 Å². The number of rotatable bonds is 5. The van der Waals surface area contributed by atoms with Crippen LogP contribution in [0.2, 0.25) is 10.0 Å². The molecule has 1 saturated heterocycles. The molecule has 0 unspecified atom stereocenters. The van der Waals surface area contributed by atoms with Gasteiger partial charge in [-0.25, -0.2) is 22.2 Å². The van der Waals surface area contributed by atoms with E-state index in [2.05, 4.69) is 4.98 Å². The molecule has 0 spiro atoms. The first-order chi connectivity index (χ1) is 14.8. The van der Waals surface area contributed by atoms with Crippen LogP contribution in [-0.2, 0) is 16.4 Å². The van der Waals surface area contributed by atoms with Crippen molar-refractivity contribution in [3.05, 3.63) is 74.7 Å². The van der Waals surface area contributed by atoms with E-state index in [0.29, 0.717) is 25.1 Å².